The molecule has 5 heteroatoms. The van der Waals surface area contributed by atoms with Crippen LogP contribution in [0.5, 0.6) is 11.6 Å². The molecular weight excluding hydrogens is 352 g/mol. The van der Waals surface area contributed by atoms with Gasteiger partial charge in [-0.3, -0.25) is 4.79 Å². The van der Waals surface area contributed by atoms with Crippen molar-refractivity contribution in [2.24, 2.45) is 0 Å². The number of anilines is 1. The van der Waals surface area contributed by atoms with Gasteiger partial charge in [0.25, 0.3) is 0 Å². The summed E-state index contributed by atoms with van der Waals surface area (Å²) in [5.74, 6) is 1.44. The molecule has 2 aromatic rings. The van der Waals surface area contributed by atoms with E-state index < -0.39 is 5.41 Å². The van der Waals surface area contributed by atoms with E-state index in [1.807, 2.05) is 36.4 Å². The second-order valence-electron chi connectivity index (χ2n) is 7.41. The van der Waals surface area contributed by atoms with E-state index in [1.54, 1.807) is 13.3 Å². The minimum atomic E-state index is -0.499. The Bertz CT molecular complexity index is 750. The Labute approximate surface area is 167 Å². The molecule has 28 heavy (non-hydrogen) atoms. The molecule has 1 aliphatic rings. The summed E-state index contributed by atoms with van der Waals surface area (Å²) < 4.78 is 10.9. The zero-order valence-corrected chi connectivity index (χ0v) is 16.9. The molecule has 1 aromatic heterocycles. The SMILES string of the molecule is CCCCOc1ccc(NC(=O)C2(c3ccc(OC)cc3)CCCCC2)cn1. The van der Waals surface area contributed by atoms with Crippen molar-refractivity contribution in [3.8, 4) is 11.6 Å². The highest BCUT2D eigenvalue weighted by atomic mass is 16.5. The molecular formula is C23H30N2O3. The lowest BCUT2D eigenvalue weighted by molar-refractivity contribution is -0.122. The predicted octanol–water partition coefficient (Wildman–Crippen LogP) is 5.11. The second kappa shape index (κ2) is 9.58. The molecule has 1 aliphatic carbocycles. The number of benzene rings is 1. The molecule has 0 saturated heterocycles. The molecule has 1 N–H and O–H groups in total. The van der Waals surface area contributed by atoms with Crippen LogP contribution in [0, 0.1) is 0 Å². The number of rotatable bonds is 8. The van der Waals surface area contributed by atoms with Crippen molar-refractivity contribution in [2.75, 3.05) is 19.0 Å². The zero-order chi connectivity index (χ0) is 19.8. The van der Waals surface area contributed by atoms with Crippen LogP contribution in [0.4, 0.5) is 5.69 Å². The Kier molecular flexibility index (Phi) is 6.90. The molecule has 0 atom stereocenters. The zero-order valence-electron chi connectivity index (χ0n) is 16.9. The van der Waals surface area contributed by atoms with Crippen LogP contribution >= 0.6 is 0 Å². The molecule has 0 aliphatic heterocycles. The summed E-state index contributed by atoms with van der Waals surface area (Å²) in [6.07, 6.45) is 8.77. The normalized spacial score (nSPS) is 15.6. The van der Waals surface area contributed by atoms with E-state index in [0.29, 0.717) is 18.2 Å². The van der Waals surface area contributed by atoms with Gasteiger partial charge in [-0.25, -0.2) is 4.98 Å². The van der Waals surface area contributed by atoms with Crippen molar-refractivity contribution in [1.82, 2.24) is 4.98 Å². The van der Waals surface area contributed by atoms with E-state index in [9.17, 15) is 4.79 Å². The molecule has 0 unspecified atom stereocenters. The highest BCUT2D eigenvalue weighted by Gasteiger charge is 2.41. The second-order valence-corrected chi connectivity index (χ2v) is 7.41. The summed E-state index contributed by atoms with van der Waals surface area (Å²) in [7, 11) is 1.65. The summed E-state index contributed by atoms with van der Waals surface area (Å²) in [5, 5.41) is 3.09. The van der Waals surface area contributed by atoms with Crippen LogP contribution in [-0.4, -0.2) is 24.6 Å². The fourth-order valence-corrected chi connectivity index (χ4v) is 3.82. The number of aromatic nitrogens is 1. The van der Waals surface area contributed by atoms with Crippen LogP contribution in [0.2, 0.25) is 0 Å². The Morgan fingerprint density at radius 3 is 2.46 bits per heavy atom. The molecule has 150 valence electrons. The highest BCUT2D eigenvalue weighted by molar-refractivity contribution is 5.99. The number of methoxy groups -OCH3 is 1. The van der Waals surface area contributed by atoms with Gasteiger partial charge >= 0.3 is 0 Å². The lowest BCUT2D eigenvalue weighted by Gasteiger charge is -2.36. The van der Waals surface area contributed by atoms with E-state index >= 15 is 0 Å². The molecule has 1 fully saturated rings. The summed E-state index contributed by atoms with van der Waals surface area (Å²) in [4.78, 5) is 17.7. The van der Waals surface area contributed by atoms with Crippen LogP contribution in [0.15, 0.2) is 42.6 Å². The average Bonchev–Trinajstić information content (AvgIpc) is 2.75. The van der Waals surface area contributed by atoms with E-state index in [-0.39, 0.29) is 5.91 Å². The molecule has 5 nitrogen and oxygen atoms in total. The standard InChI is InChI=1S/C23H30N2O3/c1-3-4-16-28-21-13-10-19(17-24-21)25-22(26)23(14-6-5-7-15-23)18-8-11-20(27-2)12-9-18/h8-13,17H,3-7,14-16H2,1-2H3,(H,25,26). The van der Waals surface area contributed by atoms with Gasteiger partial charge in [0.1, 0.15) is 5.75 Å². The molecule has 0 spiro atoms. The van der Waals surface area contributed by atoms with Gasteiger partial charge in [-0.15, -0.1) is 0 Å². The Hall–Kier alpha value is -2.56. The average molecular weight is 383 g/mol. The number of pyridine rings is 1. The maximum absolute atomic E-state index is 13.3. The monoisotopic (exact) mass is 382 g/mol. The number of amides is 1. The first-order valence-corrected chi connectivity index (χ1v) is 10.2. The number of unbranched alkanes of at least 4 members (excludes halogenated alkanes) is 1. The number of ether oxygens (including phenoxy) is 2. The lowest BCUT2D eigenvalue weighted by Crippen LogP contribution is -2.42. The Morgan fingerprint density at radius 2 is 1.86 bits per heavy atom. The van der Waals surface area contributed by atoms with Gasteiger partial charge in [0.05, 0.1) is 31.0 Å². The maximum atomic E-state index is 13.3. The highest BCUT2D eigenvalue weighted by Crippen LogP contribution is 2.41. The third-order valence-electron chi connectivity index (χ3n) is 5.53. The molecule has 1 heterocycles. The summed E-state index contributed by atoms with van der Waals surface area (Å²) >= 11 is 0. The van der Waals surface area contributed by atoms with Crippen molar-refractivity contribution < 1.29 is 14.3 Å². The quantitative estimate of drug-likeness (QED) is 0.645. The molecule has 0 radical (unpaired) electrons. The van der Waals surface area contributed by atoms with Crippen molar-refractivity contribution >= 4 is 11.6 Å². The van der Waals surface area contributed by atoms with E-state index in [2.05, 4.69) is 17.2 Å². The summed E-state index contributed by atoms with van der Waals surface area (Å²) in [5.41, 5.74) is 1.25. The molecule has 0 bridgehead atoms. The van der Waals surface area contributed by atoms with Gasteiger partial charge in [0, 0.05) is 6.07 Å². The minimum Gasteiger partial charge on any atom is -0.497 e. The van der Waals surface area contributed by atoms with Crippen LogP contribution in [0.3, 0.4) is 0 Å². The van der Waals surface area contributed by atoms with Crippen molar-refractivity contribution in [3.05, 3.63) is 48.2 Å². The molecule has 1 amide bonds. The first kappa shape index (κ1) is 20.2. The van der Waals surface area contributed by atoms with Gasteiger partial charge in [-0.1, -0.05) is 44.7 Å². The van der Waals surface area contributed by atoms with E-state index in [0.717, 1.165) is 49.8 Å². The third-order valence-corrected chi connectivity index (χ3v) is 5.53. The van der Waals surface area contributed by atoms with Crippen molar-refractivity contribution in [3.63, 3.8) is 0 Å². The third kappa shape index (κ3) is 4.64. The number of nitrogens with one attached hydrogen (secondary N) is 1. The topological polar surface area (TPSA) is 60.5 Å². The maximum Gasteiger partial charge on any atom is 0.235 e. The lowest BCUT2D eigenvalue weighted by atomic mass is 9.68. The van der Waals surface area contributed by atoms with Gasteiger partial charge in [-0.2, -0.15) is 0 Å². The first-order chi connectivity index (χ1) is 13.7. The van der Waals surface area contributed by atoms with Crippen LogP contribution in [0.1, 0.15) is 57.4 Å². The molecule has 3 rings (SSSR count). The van der Waals surface area contributed by atoms with Gasteiger partial charge in [0.2, 0.25) is 11.8 Å². The van der Waals surface area contributed by atoms with Gasteiger partial charge < -0.3 is 14.8 Å². The fraction of sp³-hybridized carbons (Fsp3) is 0.478. The number of hydrogen-bond donors (Lipinski definition) is 1. The Morgan fingerprint density at radius 1 is 1.11 bits per heavy atom. The van der Waals surface area contributed by atoms with E-state index in [4.69, 9.17) is 9.47 Å². The van der Waals surface area contributed by atoms with Crippen LogP contribution < -0.4 is 14.8 Å². The number of carbonyl (C=O) groups excluding carboxylic acids is 1. The minimum absolute atomic E-state index is 0.0406. The molecule has 1 aromatic carbocycles. The predicted molar refractivity (Wildman–Crippen MR) is 111 cm³/mol. The largest absolute Gasteiger partial charge is 0.497 e. The van der Waals surface area contributed by atoms with Gasteiger partial charge in [-0.05, 0) is 43.0 Å². The van der Waals surface area contributed by atoms with Crippen LogP contribution in [0.25, 0.3) is 0 Å². The summed E-state index contributed by atoms with van der Waals surface area (Å²) in [6, 6.07) is 11.6. The Balaban J connectivity index is 1.74. The summed E-state index contributed by atoms with van der Waals surface area (Å²) in [6.45, 7) is 2.79. The number of nitrogens with zero attached hydrogens (tertiary/aromatic N) is 1. The van der Waals surface area contributed by atoms with Gasteiger partial charge in [0.15, 0.2) is 0 Å². The smallest absolute Gasteiger partial charge is 0.235 e. The van der Waals surface area contributed by atoms with Crippen LogP contribution in [-0.2, 0) is 10.2 Å². The van der Waals surface area contributed by atoms with Crippen molar-refractivity contribution in [1.29, 1.82) is 0 Å². The number of hydrogen-bond acceptors (Lipinski definition) is 4. The fourth-order valence-electron chi connectivity index (χ4n) is 3.82. The van der Waals surface area contributed by atoms with E-state index in [1.165, 1.54) is 6.42 Å². The van der Waals surface area contributed by atoms with Crippen molar-refractivity contribution in [2.45, 2.75) is 57.3 Å². The number of carbonyl (C=O) groups is 1. The molecule has 1 saturated carbocycles. The first-order valence-electron chi connectivity index (χ1n) is 10.2.